The molecule has 1 aliphatic carbocycles. The Morgan fingerprint density at radius 1 is 1.09 bits per heavy atom. The number of benzene rings is 1. The Balaban J connectivity index is 1.85. The number of nitrogens with one attached hydrogen (secondary N) is 1. The molecular formula is C27H31N3O4. The fourth-order valence-electron chi connectivity index (χ4n) is 5.00. The number of aromatic nitrogens is 1. The third-order valence-electron chi connectivity index (χ3n) is 6.53. The van der Waals surface area contributed by atoms with E-state index in [1.807, 2.05) is 38.1 Å². The smallest absolute Gasteiger partial charge is 0.235 e. The van der Waals surface area contributed by atoms with Crippen LogP contribution in [-0.2, 0) is 9.59 Å². The van der Waals surface area contributed by atoms with Crippen LogP contribution in [0.2, 0.25) is 0 Å². The van der Waals surface area contributed by atoms with Crippen LogP contribution < -0.4 is 14.8 Å². The summed E-state index contributed by atoms with van der Waals surface area (Å²) in [5.74, 6) is 0.222. The minimum Gasteiger partial charge on any atom is -0.497 e. The highest BCUT2D eigenvalue weighted by atomic mass is 16.5. The van der Waals surface area contributed by atoms with Gasteiger partial charge in [0.25, 0.3) is 0 Å². The van der Waals surface area contributed by atoms with Crippen molar-refractivity contribution in [2.45, 2.75) is 46.5 Å². The average molecular weight is 462 g/mol. The molecule has 0 saturated carbocycles. The number of anilines is 1. The van der Waals surface area contributed by atoms with Crippen LogP contribution >= 0.6 is 0 Å². The van der Waals surface area contributed by atoms with E-state index >= 15 is 0 Å². The van der Waals surface area contributed by atoms with Gasteiger partial charge >= 0.3 is 0 Å². The molecule has 1 aliphatic heterocycles. The first-order chi connectivity index (χ1) is 16.1. The minimum absolute atomic E-state index is 0.0249. The molecular weight excluding hydrogens is 430 g/mol. The van der Waals surface area contributed by atoms with Crippen molar-refractivity contribution in [1.29, 1.82) is 0 Å². The van der Waals surface area contributed by atoms with Gasteiger partial charge in [0.05, 0.1) is 20.1 Å². The van der Waals surface area contributed by atoms with E-state index < -0.39 is 11.8 Å². The topological polar surface area (TPSA) is 89.9 Å². The molecule has 7 heteroatoms. The number of ether oxygens (including phenoxy) is 2. The van der Waals surface area contributed by atoms with Crippen molar-refractivity contribution in [1.82, 2.24) is 4.98 Å². The molecule has 1 N–H and O–H groups in total. The van der Waals surface area contributed by atoms with Crippen LogP contribution in [0.15, 0.2) is 52.8 Å². The summed E-state index contributed by atoms with van der Waals surface area (Å²) < 4.78 is 11.1. The van der Waals surface area contributed by atoms with Gasteiger partial charge in [-0.2, -0.15) is 0 Å². The van der Waals surface area contributed by atoms with Gasteiger partial charge in [-0.1, -0.05) is 19.9 Å². The molecule has 1 aromatic carbocycles. The Labute approximate surface area is 200 Å². The predicted octanol–water partition coefficient (Wildman–Crippen LogP) is 4.86. The number of aryl methyl sites for hydroxylation is 1. The molecule has 0 saturated heterocycles. The van der Waals surface area contributed by atoms with Crippen LogP contribution in [0.5, 0.6) is 11.5 Å². The summed E-state index contributed by atoms with van der Waals surface area (Å²) in [7, 11) is 3.17. The van der Waals surface area contributed by atoms with Gasteiger partial charge in [-0.3, -0.25) is 14.6 Å². The van der Waals surface area contributed by atoms with Gasteiger partial charge in [0, 0.05) is 47.1 Å². The van der Waals surface area contributed by atoms with Crippen molar-refractivity contribution in [2.24, 2.45) is 16.3 Å². The number of rotatable bonds is 5. The summed E-state index contributed by atoms with van der Waals surface area (Å²) in [4.78, 5) is 36.2. The van der Waals surface area contributed by atoms with Gasteiger partial charge in [0.2, 0.25) is 5.91 Å². The first-order valence-electron chi connectivity index (χ1n) is 11.4. The largest absolute Gasteiger partial charge is 0.497 e. The van der Waals surface area contributed by atoms with E-state index in [9.17, 15) is 9.59 Å². The van der Waals surface area contributed by atoms with Crippen LogP contribution in [0, 0.1) is 18.3 Å². The van der Waals surface area contributed by atoms with Crippen molar-refractivity contribution >= 4 is 23.2 Å². The highest BCUT2D eigenvalue weighted by molar-refractivity contribution is 6.13. The fraction of sp³-hybridized carbons (Fsp3) is 0.407. The molecule has 2 aliphatic rings. The van der Waals surface area contributed by atoms with E-state index in [1.54, 1.807) is 26.5 Å². The number of pyridine rings is 1. The number of hydrogen-bond acceptors (Lipinski definition) is 6. The lowest BCUT2D eigenvalue weighted by Gasteiger charge is -2.39. The second-order valence-corrected chi connectivity index (χ2v) is 9.83. The second-order valence-electron chi connectivity index (χ2n) is 9.83. The van der Waals surface area contributed by atoms with Crippen LogP contribution in [-0.4, -0.2) is 36.6 Å². The number of ketones is 1. The molecule has 7 nitrogen and oxygen atoms in total. The highest BCUT2D eigenvalue weighted by Crippen LogP contribution is 2.49. The highest BCUT2D eigenvalue weighted by Gasteiger charge is 2.46. The normalized spacial score (nSPS) is 21.5. The number of nitrogens with zero attached hydrogens (tertiary/aromatic N) is 2. The Morgan fingerprint density at radius 2 is 1.85 bits per heavy atom. The van der Waals surface area contributed by atoms with Gasteiger partial charge in [-0.15, -0.1) is 0 Å². The second kappa shape index (κ2) is 9.05. The lowest BCUT2D eigenvalue weighted by Crippen LogP contribution is -2.41. The third kappa shape index (κ3) is 4.47. The third-order valence-corrected chi connectivity index (χ3v) is 6.53. The molecule has 178 valence electrons. The number of carbonyl (C=O) groups excluding carboxylic acids is 2. The van der Waals surface area contributed by atoms with E-state index in [0.29, 0.717) is 41.4 Å². The summed E-state index contributed by atoms with van der Waals surface area (Å²) in [6.07, 6.45) is 2.74. The van der Waals surface area contributed by atoms with Crippen molar-refractivity contribution in [3.63, 3.8) is 0 Å². The van der Waals surface area contributed by atoms with E-state index in [2.05, 4.69) is 24.1 Å². The van der Waals surface area contributed by atoms with E-state index in [-0.39, 0.29) is 17.1 Å². The maximum atomic E-state index is 13.7. The summed E-state index contributed by atoms with van der Waals surface area (Å²) in [6.45, 7) is 7.94. The maximum absolute atomic E-state index is 13.7. The predicted molar refractivity (Wildman–Crippen MR) is 132 cm³/mol. The molecule has 2 aromatic rings. The molecule has 2 atom stereocenters. The van der Waals surface area contributed by atoms with Gasteiger partial charge in [0.15, 0.2) is 5.78 Å². The van der Waals surface area contributed by atoms with Crippen LogP contribution in [0.1, 0.15) is 50.7 Å². The van der Waals surface area contributed by atoms with Crippen LogP contribution in [0.25, 0.3) is 0 Å². The first-order valence-corrected chi connectivity index (χ1v) is 11.4. The monoisotopic (exact) mass is 461 g/mol. The lowest BCUT2D eigenvalue weighted by molar-refractivity contribution is -0.119. The molecule has 0 bridgehead atoms. The van der Waals surface area contributed by atoms with Crippen LogP contribution in [0.4, 0.5) is 5.82 Å². The first kappa shape index (κ1) is 23.7. The van der Waals surface area contributed by atoms with E-state index in [0.717, 1.165) is 16.8 Å². The van der Waals surface area contributed by atoms with Gasteiger partial charge in [-0.05, 0) is 49.4 Å². The number of aliphatic imine (C=N–C) groups is 1. The van der Waals surface area contributed by atoms with Gasteiger partial charge in [-0.25, -0.2) is 4.98 Å². The molecule has 2 heterocycles. The summed E-state index contributed by atoms with van der Waals surface area (Å²) >= 11 is 0. The molecule has 1 amide bonds. The van der Waals surface area contributed by atoms with Gasteiger partial charge < -0.3 is 14.8 Å². The van der Waals surface area contributed by atoms with Crippen molar-refractivity contribution < 1.29 is 19.1 Å². The summed E-state index contributed by atoms with van der Waals surface area (Å²) in [5.41, 5.74) is 3.59. The summed E-state index contributed by atoms with van der Waals surface area (Å²) in [6, 6.07) is 9.17. The molecule has 4 rings (SSSR count). The van der Waals surface area contributed by atoms with Crippen molar-refractivity contribution in [3.05, 3.63) is 58.9 Å². The molecule has 34 heavy (non-hydrogen) atoms. The molecule has 1 unspecified atom stereocenters. The molecule has 0 spiro atoms. The number of methoxy groups -OCH3 is 2. The zero-order valence-electron chi connectivity index (χ0n) is 20.6. The number of carbonyl (C=O) groups is 2. The number of hydrogen-bond donors (Lipinski definition) is 1. The number of Topliss-reactive ketones (excluding diaryl/α,β-unsaturated/α-hetero) is 1. The Morgan fingerprint density at radius 3 is 2.53 bits per heavy atom. The summed E-state index contributed by atoms with van der Waals surface area (Å²) in [5, 5.41) is 2.94. The Hall–Kier alpha value is -3.48. The van der Waals surface area contributed by atoms with E-state index in [1.165, 1.54) is 0 Å². The van der Waals surface area contributed by atoms with Crippen molar-refractivity contribution in [2.75, 3.05) is 19.5 Å². The quantitative estimate of drug-likeness (QED) is 0.687. The average Bonchev–Trinajstić information content (AvgIpc) is 2.76. The Kier molecular flexibility index (Phi) is 6.30. The fourth-order valence-corrected chi connectivity index (χ4v) is 5.00. The Bertz CT molecular complexity index is 1210. The maximum Gasteiger partial charge on any atom is 0.235 e. The molecule has 0 radical (unpaired) electrons. The van der Waals surface area contributed by atoms with Gasteiger partial charge in [0.1, 0.15) is 17.3 Å². The zero-order chi connectivity index (χ0) is 24.6. The van der Waals surface area contributed by atoms with E-state index in [4.69, 9.17) is 14.5 Å². The number of amides is 1. The minimum atomic E-state index is -0.687. The SMILES string of the molecule is COc1ccc([C@H]2C3=C(CC(C)(C)CC3=O)N=C(C)C2C(=O)Nc2cc(C)ccn2)c(OC)c1. The molecule has 1 aromatic heterocycles. The number of allylic oxidation sites excluding steroid dienone is 2. The standard InChI is InChI=1S/C27H31N3O4/c1-15-9-10-28-22(11-15)30-26(32)23-16(2)29-19-13-27(3,4)14-20(31)25(19)24(23)18-8-7-17(33-5)12-21(18)34-6/h7-12,23-24H,13-14H2,1-6H3,(H,28,30,32)/t23?,24-/m1/s1. The van der Waals surface area contributed by atoms with Crippen molar-refractivity contribution in [3.8, 4) is 11.5 Å². The van der Waals surface area contributed by atoms with Crippen LogP contribution in [0.3, 0.4) is 0 Å². The molecule has 0 fully saturated rings. The lowest BCUT2D eigenvalue weighted by atomic mass is 9.66. The zero-order valence-corrected chi connectivity index (χ0v) is 20.6.